The number of rotatable bonds is 5. The molecule has 81 heavy (non-hydrogen) atoms. The van der Waals surface area contributed by atoms with E-state index in [2.05, 4.69) is 189 Å². The number of ether oxygens (including phenoxy) is 7. The molecule has 0 atom stereocenters. The number of benzene rings is 7. The van der Waals surface area contributed by atoms with Crippen LogP contribution in [-0.4, -0.2) is 35.5 Å². The van der Waals surface area contributed by atoms with Crippen molar-refractivity contribution in [3.8, 4) is 62.5 Å². The van der Waals surface area contributed by atoms with E-state index in [4.69, 9.17) is 33.2 Å². The maximum Gasteiger partial charge on any atom is 1.00 e. The average molecular weight is 1230 g/mol. The van der Waals surface area contributed by atoms with Crippen LogP contribution in [0.4, 0.5) is 0 Å². The minimum Gasteiger partial charge on any atom is -1.00 e. The van der Waals surface area contributed by atoms with Gasteiger partial charge in [-0.2, -0.15) is 0 Å². The number of hydrogen-bond acceptors (Lipinski definition) is 7. The second kappa shape index (κ2) is 24.6. The van der Waals surface area contributed by atoms with Gasteiger partial charge in [-0.25, -0.2) is 0 Å². The molecule has 7 nitrogen and oxygen atoms in total. The van der Waals surface area contributed by atoms with Crippen molar-refractivity contribution in [3.05, 3.63) is 180 Å². The Labute approximate surface area is 545 Å². The molecule has 0 amide bonds. The summed E-state index contributed by atoms with van der Waals surface area (Å²) in [6.07, 6.45) is 2.23. The van der Waals surface area contributed by atoms with E-state index in [0.29, 0.717) is 25.7 Å². The van der Waals surface area contributed by atoms with Crippen LogP contribution in [0, 0.1) is 20.8 Å². The molecule has 2 heterocycles. The average Bonchev–Trinajstić information content (AvgIpc) is 3.55. The van der Waals surface area contributed by atoms with E-state index in [-0.39, 0.29) is 110 Å². The van der Waals surface area contributed by atoms with Crippen molar-refractivity contribution in [2.75, 3.05) is 35.5 Å². The summed E-state index contributed by atoms with van der Waals surface area (Å²) in [5.41, 5.74) is 21.6. The van der Waals surface area contributed by atoms with E-state index in [9.17, 15) is 0 Å². The summed E-state index contributed by atoms with van der Waals surface area (Å²) in [5, 5.41) is 0. The van der Waals surface area contributed by atoms with Gasteiger partial charge >= 0.3 is 51.4 Å². The molecule has 0 spiro atoms. The fourth-order valence-electron chi connectivity index (χ4n) is 12.0. The van der Waals surface area contributed by atoms with E-state index in [1.54, 1.807) is 21.3 Å². The molecule has 2 aliphatic heterocycles. The number of fused-ring (bicyclic) bond motifs is 2. The maximum atomic E-state index is 7.55. The predicted molar refractivity (Wildman–Crippen MR) is 325 cm³/mol. The minimum absolute atomic E-state index is 0. The molecule has 1 aliphatic carbocycles. The smallest absolute Gasteiger partial charge is 1.00 e. The Morgan fingerprint density at radius 1 is 0.296 bits per heavy atom. The SMILES string of the molecule is COc1c2cc(C(C)(C)C)cc1Cc1cc(C(C)(C)C)cc3c1OCc1cc(C)cc(c1OC)-c1cc(C)cc(c1OC)-c1cc(C)cc(c1OC)COc1c(cc(C(C)(C)C)cc1Cc1cc(C(C)(C)C)cc(c1OC)C3)C2.[I-].[K+]. The van der Waals surface area contributed by atoms with Gasteiger partial charge in [0.05, 0.1) is 35.5 Å². The first kappa shape index (κ1) is 64.1. The number of methoxy groups -OCH3 is 5. The van der Waals surface area contributed by atoms with Gasteiger partial charge in [0.15, 0.2) is 0 Å². The second-order valence-corrected chi connectivity index (χ2v) is 26.6. The standard InChI is InChI=1S/C72H86O7.HI.K/c1-41-21-52-39-78-64-48-27-44-31-54(69(4,5)6)33-46(62(44)73-16)29-50-37-57(72(13,14)15)38-51(30-47-34-55(70(7,8)9)32-45(63(47)74-17)28-49(64)36-56(35-48)71(10,11)12)65(50)79-40-53-22-42(2)24-59(67(53)76-19)61-26-43(3)25-60(68(61)77-20)58(23-41)66(52)75-18;;/h21-26,31-38H,27-30,39-40H2,1-20H3;1H;/q;;+1/p-1. The molecule has 424 valence electrons. The van der Waals surface area contributed by atoms with Gasteiger partial charge in [0.2, 0.25) is 0 Å². The third-order valence-electron chi connectivity index (χ3n) is 16.2. The molecule has 0 unspecified atom stereocenters. The first-order valence-electron chi connectivity index (χ1n) is 28.2. The molecule has 7 aromatic carbocycles. The van der Waals surface area contributed by atoms with Crippen LogP contribution >= 0.6 is 0 Å². The van der Waals surface area contributed by atoms with Crippen molar-refractivity contribution in [2.45, 2.75) is 164 Å². The summed E-state index contributed by atoms with van der Waals surface area (Å²) in [6, 6.07) is 32.2. The number of hydrogen-bond donors (Lipinski definition) is 0. The molecule has 10 rings (SSSR count). The Morgan fingerprint density at radius 2 is 0.519 bits per heavy atom. The maximum absolute atomic E-state index is 7.55. The molecule has 0 aromatic heterocycles. The zero-order valence-electron chi connectivity index (χ0n) is 52.6. The Morgan fingerprint density at radius 3 is 0.753 bits per heavy atom. The van der Waals surface area contributed by atoms with Crippen LogP contribution in [0.3, 0.4) is 0 Å². The van der Waals surface area contributed by atoms with Gasteiger partial charge in [-0.3, -0.25) is 0 Å². The molecular formula is C72H86IKO7. The van der Waals surface area contributed by atoms with Gasteiger partial charge in [-0.1, -0.05) is 132 Å². The Balaban J connectivity index is 0.00000473. The monoisotopic (exact) mass is 1230 g/mol. The van der Waals surface area contributed by atoms with Crippen molar-refractivity contribution >= 4 is 0 Å². The molecule has 3 aliphatic rings. The predicted octanol–water partition coefficient (Wildman–Crippen LogP) is 11.3. The summed E-state index contributed by atoms with van der Waals surface area (Å²) in [7, 11) is 8.91. The van der Waals surface area contributed by atoms with Gasteiger partial charge in [0.1, 0.15) is 53.5 Å². The zero-order valence-corrected chi connectivity index (χ0v) is 57.8. The van der Waals surface area contributed by atoms with E-state index in [0.717, 1.165) is 135 Å². The molecule has 7 aromatic rings. The largest absolute Gasteiger partial charge is 1.00 e. The van der Waals surface area contributed by atoms with Crippen LogP contribution in [-0.2, 0) is 60.6 Å². The molecule has 0 radical (unpaired) electrons. The van der Waals surface area contributed by atoms with Crippen molar-refractivity contribution in [1.29, 1.82) is 0 Å². The number of halogens is 1. The Bertz CT molecular complexity index is 3180. The van der Waals surface area contributed by atoms with Crippen molar-refractivity contribution in [3.63, 3.8) is 0 Å². The molecule has 0 saturated carbocycles. The fraction of sp³-hybridized carbons (Fsp3) is 0.417. The molecule has 0 fully saturated rings. The minimum atomic E-state index is -0.191. The second-order valence-electron chi connectivity index (χ2n) is 26.6. The molecule has 0 saturated heterocycles. The summed E-state index contributed by atoms with van der Waals surface area (Å²) >= 11 is 0. The van der Waals surface area contributed by atoms with Crippen molar-refractivity contribution < 1.29 is 109 Å². The normalized spacial score (nSPS) is 13.4. The molecular weight excluding hydrogens is 1140 g/mol. The third-order valence-corrected chi connectivity index (χ3v) is 16.2. The zero-order chi connectivity index (χ0) is 57.3. The van der Waals surface area contributed by atoms with E-state index < -0.39 is 0 Å². The van der Waals surface area contributed by atoms with E-state index in [1.807, 2.05) is 14.2 Å². The number of aryl methyl sites for hydroxylation is 3. The van der Waals surface area contributed by atoms with Crippen molar-refractivity contribution in [1.82, 2.24) is 0 Å². The first-order chi connectivity index (χ1) is 37.1. The third kappa shape index (κ3) is 13.2. The Kier molecular flexibility index (Phi) is 19.5. The quantitative estimate of drug-likeness (QED) is 0.126. The molecule has 0 N–H and O–H groups in total. The summed E-state index contributed by atoms with van der Waals surface area (Å²) < 4.78 is 48.1. The molecule has 9 heteroatoms. The van der Waals surface area contributed by atoms with Crippen LogP contribution in [0.25, 0.3) is 22.3 Å². The van der Waals surface area contributed by atoms with Gasteiger partial charge in [0, 0.05) is 59.1 Å². The van der Waals surface area contributed by atoms with E-state index in [1.165, 1.54) is 22.3 Å². The topological polar surface area (TPSA) is 64.6 Å². The molecule has 16 bridgehead atoms. The van der Waals surface area contributed by atoms with Gasteiger partial charge < -0.3 is 57.1 Å². The van der Waals surface area contributed by atoms with Crippen LogP contribution in [0.15, 0.2) is 84.9 Å². The van der Waals surface area contributed by atoms with Crippen LogP contribution in [0.2, 0.25) is 0 Å². The van der Waals surface area contributed by atoms with E-state index >= 15 is 0 Å². The van der Waals surface area contributed by atoms with Crippen LogP contribution < -0.4 is 109 Å². The Hall–Kier alpha value is -4.49. The van der Waals surface area contributed by atoms with Gasteiger partial charge in [-0.15, -0.1) is 0 Å². The summed E-state index contributed by atoms with van der Waals surface area (Å²) in [4.78, 5) is 0. The fourth-order valence-corrected chi connectivity index (χ4v) is 12.0. The van der Waals surface area contributed by atoms with Gasteiger partial charge in [-0.05, 0) is 162 Å². The van der Waals surface area contributed by atoms with Crippen molar-refractivity contribution in [2.24, 2.45) is 0 Å². The summed E-state index contributed by atoms with van der Waals surface area (Å²) in [5.74, 6) is 5.59. The summed E-state index contributed by atoms with van der Waals surface area (Å²) in [6.45, 7) is 34.5. The van der Waals surface area contributed by atoms with Gasteiger partial charge in [0.25, 0.3) is 0 Å². The first-order valence-corrected chi connectivity index (χ1v) is 28.2. The van der Waals surface area contributed by atoms with Crippen LogP contribution in [0.1, 0.15) is 178 Å². The van der Waals surface area contributed by atoms with Crippen LogP contribution in [0.5, 0.6) is 40.2 Å².